The molecule has 4 atom stereocenters. The van der Waals surface area contributed by atoms with E-state index in [9.17, 15) is 9.59 Å². The largest absolute Gasteiger partial charge is 0.427 e. The Hall–Kier alpha value is -2.10. The van der Waals surface area contributed by atoms with Gasteiger partial charge >= 0.3 is 11.9 Å². The highest BCUT2D eigenvalue weighted by atomic mass is 16.5. The van der Waals surface area contributed by atoms with Gasteiger partial charge in [-0.15, -0.1) is 0 Å². The van der Waals surface area contributed by atoms with Gasteiger partial charge in [0.15, 0.2) is 0 Å². The first-order valence-electron chi connectivity index (χ1n) is 10.9. The molecule has 0 aromatic rings. The quantitative estimate of drug-likeness (QED) is 0.635. The van der Waals surface area contributed by atoms with Gasteiger partial charge in [-0.05, 0) is 62.5 Å². The molecule has 4 aliphatic carbocycles. The zero-order valence-electron chi connectivity index (χ0n) is 16.8. The molecule has 0 radical (unpaired) electrons. The van der Waals surface area contributed by atoms with Crippen molar-refractivity contribution in [2.75, 3.05) is 0 Å². The van der Waals surface area contributed by atoms with Gasteiger partial charge in [0.1, 0.15) is 11.5 Å². The van der Waals surface area contributed by atoms with Gasteiger partial charge in [-0.3, -0.25) is 0 Å². The van der Waals surface area contributed by atoms with E-state index in [0.29, 0.717) is 11.8 Å². The number of fused-ring (bicyclic) bond motifs is 1. The predicted octanol–water partition coefficient (Wildman–Crippen LogP) is 5.13. The van der Waals surface area contributed by atoms with Crippen LogP contribution < -0.4 is 0 Å². The summed E-state index contributed by atoms with van der Waals surface area (Å²) in [6, 6.07) is 0. The minimum Gasteiger partial charge on any atom is -0.427 e. The molecule has 2 bridgehead atoms. The number of carbonyl (C=O) groups excluding carboxylic acids is 2. The third-order valence-corrected chi connectivity index (χ3v) is 7.43. The van der Waals surface area contributed by atoms with Crippen molar-refractivity contribution in [2.45, 2.75) is 65.2 Å². The molecule has 4 nitrogen and oxygen atoms in total. The highest BCUT2D eigenvalue weighted by Crippen LogP contribution is 2.68. The van der Waals surface area contributed by atoms with Crippen molar-refractivity contribution in [3.63, 3.8) is 0 Å². The van der Waals surface area contributed by atoms with Gasteiger partial charge in [0.25, 0.3) is 0 Å². The summed E-state index contributed by atoms with van der Waals surface area (Å²) < 4.78 is 11.6. The summed E-state index contributed by atoms with van der Waals surface area (Å²) in [6.45, 7) is 4.26. The fourth-order valence-corrected chi connectivity index (χ4v) is 6.29. The van der Waals surface area contributed by atoms with Crippen LogP contribution in [-0.2, 0) is 19.1 Å². The topological polar surface area (TPSA) is 52.6 Å². The number of carbonyl (C=O) groups is 2. The van der Waals surface area contributed by atoms with E-state index in [4.69, 9.17) is 9.47 Å². The number of hydrogen-bond acceptors (Lipinski definition) is 4. The van der Waals surface area contributed by atoms with E-state index in [1.807, 2.05) is 0 Å². The number of unbranched alkanes of at least 4 members (excludes halogenated alkanes) is 2. The van der Waals surface area contributed by atoms with Crippen LogP contribution in [0.4, 0.5) is 0 Å². The monoisotopic (exact) mass is 380 g/mol. The highest BCUT2D eigenvalue weighted by molar-refractivity contribution is 5.99. The molecule has 2 unspecified atom stereocenters. The third kappa shape index (κ3) is 2.23. The summed E-state index contributed by atoms with van der Waals surface area (Å²) in [6.07, 6.45) is 14.1. The minimum atomic E-state index is -0.452. The second-order valence-electron chi connectivity index (χ2n) is 8.82. The summed E-state index contributed by atoms with van der Waals surface area (Å²) in [5, 5.41) is 0. The highest BCUT2D eigenvalue weighted by Gasteiger charge is 2.66. The zero-order valence-corrected chi connectivity index (χ0v) is 16.8. The van der Waals surface area contributed by atoms with Crippen molar-refractivity contribution in [1.29, 1.82) is 0 Å². The molecule has 2 fully saturated rings. The normalized spacial score (nSPS) is 38.4. The van der Waals surface area contributed by atoms with E-state index in [0.717, 1.165) is 79.6 Å². The average Bonchev–Trinajstić information content (AvgIpc) is 3.19. The second-order valence-corrected chi connectivity index (χ2v) is 8.82. The van der Waals surface area contributed by atoms with Crippen LogP contribution in [0.25, 0.3) is 0 Å². The van der Waals surface area contributed by atoms with Gasteiger partial charge in [0.05, 0.1) is 5.41 Å². The second kappa shape index (κ2) is 6.47. The molecule has 2 aliphatic heterocycles. The maximum Gasteiger partial charge on any atom is 0.340 e. The van der Waals surface area contributed by atoms with Crippen LogP contribution in [0.2, 0.25) is 0 Å². The number of allylic oxidation sites excluding steroid dienone is 5. The Labute approximate surface area is 166 Å². The van der Waals surface area contributed by atoms with E-state index in [1.165, 1.54) is 0 Å². The van der Waals surface area contributed by atoms with Gasteiger partial charge in [-0.1, -0.05) is 32.8 Å². The molecule has 0 aromatic heterocycles. The third-order valence-electron chi connectivity index (χ3n) is 7.43. The van der Waals surface area contributed by atoms with Gasteiger partial charge in [-0.25, -0.2) is 9.59 Å². The van der Waals surface area contributed by atoms with E-state index in [1.54, 1.807) is 0 Å². The summed E-state index contributed by atoms with van der Waals surface area (Å²) in [4.78, 5) is 25.8. The first-order valence-corrected chi connectivity index (χ1v) is 10.9. The van der Waals surface area contributed by atoms with E-state index in [2.05, 4.69) is 32.1 Å². The lowest BCUT2D eigenvalue weighted by atomic mass is 9.47. The van der Waals surface area contributed by atoms with E-state index >= 15 is 0 Å². The Kier molecular flexibility index (Phi) is 4.15. The predicted molar refractivity (Wildman–Crippen MR) is 105 cm³/mol. The van der Waals surface area contributed by atoms with Crippen molar-refractivity contribution in [3.8, 4) is 0 Å². The lowest BCUT2D eigenvalue weighted by Crippen LogP contribution is -2.50. The Morgan fingerprint density at radius 1 is 1.07 bits per heavy atom. The molecule has 0 amide bonds. The maximum atomic E-state index is 13.0. The lowest BCUT2D eigenvalue weighted by molar-refractivity contribution is -0.135. The smallest absolute Gasteiger partial charge is 0.340 e. The van der Waals surface area contributed by atoms with Crippen molar-refractivity contribution >= 4 is 11.9 Å². The first kappa shape index (κ1) is 18.0. The number of cyclic esters (lactones) is 2. The zero-order chi connectivity index (χ0) is 19.5. The standard InChI is InChI=1S/C24H28O4/c1-3-5-7-18-16-10-9-15-14-11-12-24(21(15)20(16)23(26)27-18)17(13-14)22(25)28-19(24)8-6-4-2/h7-8,13-15,21H,3-6,9-12H2,1-2H3/t14-,15?,21?,24+/m1/s1. The summed E-state index contributed by atoms with van der Waals surface area (Å²) in [5.41, 5.74) is 2.29. The number of rotatable bonds is 4. The van der Waals surface area contributed by atoms with Crippen molar-refractivity contribution in [3.05, 3.63) is 46.5 Å². The van der Waals surface area contributed by atoms with Crippen LogP contribution in [0.5, 0.6) is 0 Å². The maximum absolute atomic E-state index is 13.0. The lowest BCUT2D eigenvalue weighted by Gasteiger charge is -2.54. The molecule has 4 heteroatoms. The summed E-state index contributed by atoms with van der Waals surface area (Å²) in [5.74, 6) is 1.96. The molecule has 2 heterocycles. The average molecular weight is 380 g/mol. The Balaban J connectivity index is 1.68. The Morgan fingerprint density at radius 2 is 1.86 bits per heavy atom. The van der Waals surface area contributed by atoms with Crippen LogP contribution in [0.1, 0.15) is 65.2 Å². The van der Waals surface area contributed by atoms with Crippen LogP contribution >= 0.6 is 0 Å². The van der Waals surface area contributed by atoms with Crippen LogP contribution in [0.3, 0.4) is 0 Å². The van der Waals surface area contributed by atoms with E-state index in [-0.39, 0.29) is 17.9 Å². The molecule has 1 saturated carbocycles. The molecule has 0 N–H and O–H groups in total. The van der Waals surface area contributed by atoms with Crippen molar-refractivity contribution in [1.82, 2.24) is 0 Å². The molecule has 148 valence electrons. The Bertz CT molecular complexity index is 871. The molecule has 1 spiro atoms. The molecule has 6 rings (SSSR count). The molecule has 28 heavy (non-hydrogen) atoms. The molecular weight excluding hydrogens is 352 g/mol. The van der Waals surface area contributed by atoms with Crippen LogP contribution in [0, 0.1) is 23.2 Å². The fourth-order valence-electron chi connectivity index (χ4n) is 6.29. The summed E-state index contributed by atoms with van der Waals surface area (Å²) >= 11 is 0. The van der Waals surface area contributed by atoms with Crippen LogP contribution in [0.15, 0.2) is 46.5 Å². The number of ether oxygens (including phenoxy) is 2. The molecule has 6 aliphatic rings. The Morgan fingerprint density at radius 3 is 2.64 bits per heavy atom. The van der Waals surface area contributed by atoms with Gasteiger partial charge in [-0.2, -0.15) is 0 Å². The first-order chi connectivity index (χ1) is 13.6. The van der Waals surface area contributed by atoms with Crippen molar-refractivity contribution < 1.29 is 19.1 Å². The number of hydrogen-bond donors (Lipinski definition) is 0. The number of esters is 2. The SMILES string of the molecule is CCCC=C1OC(=O)C2=C1CCC1C2[C@@]23CC[C@@H]1C=C2C(=O)OC3=CCCC. The molecule has 1 saturated heterocycles. The van der Waals surface area contributed by atoms with Crippen molar-refractivity contribution in [2.24, 2.45) is 23.2 Å². The fraction of sp³-hybridized carbons (Fsp3) is 0.583. The molecular formula is C24H28O4. The molecule has 0 aromatic carbocycles. The van der Waals surface area contributed by atoms with Gasteiger partial charge < -0.3 is 9.47 Å². The summed E-state index contributed by atoms with van der Waals surface area (Å²) in [7, 11) is 0. The van der Waals surface area contributed by atoms with Crippen LogP contribution in [-0.4, -0.2) is 11.9 Å². The van der Waals surface area contributed by atoms with Gasteiger partial charge in [0, 0.05) is 22.6 Å². The van der Waals surface area contributed by atoms with Gasteiger partial charge in [0.2, 0.25) is 0 Å². The minimum absolute atomic E-state index is 0.0181. The van der Waals surface area contributed by atoms with E-state index < -0.39 is 5.41 Å².